The lowest BCUT2D eigenvalue weighted by molar-refractivity contribution is 0.199. The number of benzene rings is 1. The van der Waals surface area contributed by atoms with Gasteiger partial charge < -0.3 is 10.1 Å². The van der Waals surface area contributed by atoms with Gasteiger partial charge in [0.25, 0.3) is 0 Å². The molecule has 0 radical (unpaired) electrons. The lowest BCUT2D eigenvalue weighted by Crippen LogP contribution is -2.33. The van der Waals surface area contributed by atoms with E-state index in [0.29, 0.717) is 11.5 Å². The van der Waals surface area contributed by atoms with Gasteiger partial charge in [-0.25, -0.2) is 0 Å². The van der Waals surface area contributed by atoms with E-state index < -0.39 is 0 Å². The highest BCUT2D eigenvalue weighted by Crippen LogP contribution is 2.42. The normalized spacial score (nSPS) is 25.7. The molecule has 1 aromatic carbocycles. The van der Waals surface area contributed by atoms with Crippen LogP contribution in [0.4, 0.5) is 0 Å². The quantitative estimate of drug-likeness (QED) is 0.839. The third kappa shape index (κ3) is 1.82. The molecule has 0 saturated heterocycles. The molecular weight excluding hydrogens is 198 g/mol. The standard InChI is InChI=1S/C14H19NO/c1-15-14(6-7-14)9-11-8-12-4-2-3-5-13(12)16-10-11/h2-5,11,15H,6-10H2,1H3. The minimum absolute atomic E-state index is 0.445. The predicted octanol–water partition coefficient (Wildman–Crippen LogP) is 2.38. The van der Waals surface area contributed by atoms with Gasteiger partial charge in [0, 0.05) is 5.54 Å². The van der Waals surface area contributed by atoms with E-state index in [2.05, 4.69) is 36.6 Å². The fraction of sp³-hybridized carbons (Fsp3) is 0.571. The van der Waals surface area contributed by atoms with Crippen LogP contribution in [0.3, 0.4) is 0 Å². The van der Waals surface area contributed by atoms with Crippen LogP contribution in [-0.2, 0) is 6.42 Å². The summed E-state index contributed by atoms with van der Waals surface area (Å²) in [6, 6.07) is 8.43. The SMILES string of the molecule is CNC1(CC2COc3ccccc3C2)CC1. The Balaban J connectivity index is 1.69. The molecule has 1 aliphatic heterocycles. The van der Waals surface area contributed by atoms with Gasteiger partial charge in [-0.2, -0.15) is 0 Å². The van der Waals surface area contributed by atoms with Crippen molar-refractivity contribution in [1.29, 1.82) is 0 Å². The van der Waals surface area contributed by atoms with Gasteiger partial charge in [-0.15, -0.1) is 0 Å². The van der Waals surface area contributed by atoms with E-state index >= 15 is 0 Å². The number of fused-ring (bicyclic) bond motifs is 1. The van der Waals surface area contributed by atoms with Gasteiger partial charge >= 0.3 is 0 Å². The fourth-order valence-corrected chi connectivity index (χ4v) is 2.78. The summed E-state index contributed by atoms with van der Waals surface area (Å²) < 4.78 is 5.83. The fourth-order valence-electron chi connectivity index (χ4n) is 2.78. The van der Waals surface area contributed by atoms with Crippen molar-refractivity contribution in [3.8, 4) is 5.75 Å². The molecule has 2 nitrogen and oxygen atoms in total. The topological polar surface area (TPSA) is 21.3 Å². The zero-order chi connectivity index (χ0) is 11.0. The molecule has 1 saturated carbocycles. The number of para-hydroxylation sites is 1. The maximum atomic E-state index is 5.83. The molecule has 0 bridgehead atoms. The van der Waals surface area contributed by atoms with Gasteiger partial charge in [0.2, 0.25) is 0 Å². The molecule has 86 valence electrons. The first-order valence-corrected chi connectivity index (χ1v) is 6.21. The molecule has 1 unspecified atom stereocenters. The molecule has 2 heteroatoms. The summed E-state index contributed by atoms with van der Waals surface area (Å²) in [5.41, 5.74) is 1.82. The van der Waals surface area contributed by atoms with Crippen molar-refractivity contribution >= 4 is 0 Å². The molecule has 0 spiro atoms. The Morgan fingerprint density at radius 2 is 2.19 bits per heavy atom. The van der Waals surface area contributed by atoms with Crippen LogP contribution in [0, 0.1) is 5.92 Å². The summed E-state index contributed by atoms with van der Waals surface area (Å²) in [7, 11) is 2.09. The molecule has 2 aliphatic rings. The summed E-state index contributed by atoms with van der Waals surface area (Å²) >= 11 is 0. The van der Waals surface area contributed by atoms with E-state index in [9.17, 15) is 0 Å². The molecule has 3 rings (SSSR count). The van der Waals surface area contributed by atoms with Crippen molar-refractivity contribution in [1.82, 2.24) is 5.32 Å². The van der Waals surface area contributed by atoms with Crippen molar-refractivity contribution in [3.63, 3.8) is 0 Å². The molecule has 1 aliphatic carbocycles. The van der Waals surface area contributed by atoms with E-state index in [1.165, 1.54) is 31.2 Å². The lowest BCUT2D eigenvalue weighted by Gasteiger charge is -2.28. The van der Waals surface area contributed by atoms with Crippen molar-refractivity contribution in [2.75, 3.05) is 13.7 Å². The van der Waals surface area contributed by atoms with Crippen LogP contribution in [0.25, 0.3) is 0 Å². The molecule has 1 aromatic rings. The van der Waals surface area contributed by atoms with E-state index in [4.69, 9.17) is 4.74 Å². The molecule has 1 N–H and O–H groups in total. The average molecular weight is 217 g/mol. The summed E-state index contributed by atoms with van der Waals surface area (Å²) in [5, 5.41) is 3.47. The first kappa shape index (κ1) is 10.2. The van der Waals surface area contributed by atoms with Gasteiger partial charge in [0.05, 0.1) is 6.61 Å². The maximum Gasteiger partial charge on any atom is 0.122 e. The highest BCUT2D eigenvalue weighted by Gasteiger charge is 2.43. The van der Waals surface area contributed by atoms with Gasteiger partial charge in [-0.3, -0.25) is 0 Å². The summed E-state index contributed by atoms with van der Waals surface area (Å²) in [6.45, 7) is 0.889. The Kier molecular flexibility index (Phi) is 2.40. The van der Waals surface area contributed by atoms with E-state index in [-0.39, 0.29) is 0 Å². The van der Waals surface area contributed by atoms with Crippen molar-refractivity contribution in [2.24, 2.45) is 5.92 Å². The van der Waals surface area contributed by atoms with Crippen LogP contribution < -0.4 is 10.1 Å². The molecule has 0 amide bonds. The molecule has 1 fully saturated rings. The number of nitrogens with one attached hydrogen (secondary N) is 1. The minimum Gasteiger partial charge on any atom is -0.493 e. The van der Waals surface area contributed by atoms with Crippen molar-refractivity contribution in [3.05, 3.63) is 29.8 Å². The second-order valence-corrected chi connectivity index (χ2v) is 5.22. The van der Waals surface area contributed by atoms with Crippen LogP contribution in [0.15, 0.2) is 24.3 Å². The number of ether oxygens (including phenoxy) is 1. The maximum absolute atomic E-state index is 5.83. The van der Waals surface area contributed by atoms with Gasteiger partial charge in [-0.05, 0) is 50.3 Å². The smallest absolute Gasteiger partial charge is 0.122 e. The van der Waals surface area contributed by atoms with Crippen LogP contribution in [-0.4, -0.2) is 19.2 Å². The average Bonchev–Trinajstić information content (AvgIpc) is 3.09. The van der Waals surface area contributed by atoms with Gasteiger partial charge in [0.1, 0.15) is 5.75 Å². The first-order valence-electron chi connectivity index (χ1n) is 6.21. The monoisotopic (exact) mass is 217 g/mol. The van der Waals surface area contributed by atoms with Crippen molar-refractivity contribution in [2.45, 2.75) is 31.2 Å². The molecule has 1 heterocycles. The first-order chi connectivity index (χ1) is 7.81. The molecule has 0 aromatic heterocycles. The van der Waals surface area contributed by atoms with E-state index in [0.717, 1.165) is 12.4 Å². The second-order valence-electron chi connectivity index (χ2n) is 5.22. The highest BCUT2D eigenvalue weighted by molar-refractivity contribution is 5.35. The molecule has 16 heavy (non-hydrogen) atoms. The summed E-state index contributed by atoms with van der Waals surface area (Å²) in [5.74, 6) is 1.78. The lowest BCUT2D eigenvalue weighted by atomic mass is 9.90. The van der Waals surface area contributed by atoms with E-state index in [1.807, 2.05) is 0 Å². The van der Waals surface area contributed by atoms with Crippen LogP contribution >= 0.6 is 0 Å². The summed E-state index contributed by atoms with van der Waals surface area (Å²) in [6.07, 6.45) is 5.11. The number of rotatable bonds is 3. The van der Waals surface area contributed by atoms with Crippen molar-refractivity contribution < 1.29 is 4.74 Å². The Morgan fingerprint density at radius 3 is 2.94 bits per heavy atom. The number of hydrogen-bond donors (Lipinski definition) is 1. The third-order valence-corrected chi connectivity index (χ3v) is 4.02. The molecular formula is C14H19NO. The number of hydrogen-bond acceptors (Lipinski definition) is 2. The molecule has 1 atom stereocenters. The van der Waals surface area contributed by atoms with E-state index in [1.54, 1.807) is 0 Å². The highest BCUT2D eigenvalue weighted by atomic mass is 16.5. The Morgan fingerprint density at radius 1 is 1.38 bits per heavy atom. The van der Waals surface area contributed by atoms with Gasteiger partial charge in [-0.1, -0.05) is 18.2 Å². The van der Waals surface area contributed by atoms with Crippen LogP contribution in [0.5, 0.6) is 5.75 Å². The zero-order valence-corrected chi connectivity index (χ0v) is 9.83. The van der Waals surface area contributed by atoms with Crippen LogP contribution in [0.1, 0.15) is 24.8 Å². The largest absolute Gasteiger partial charge is 0.493 e. The zero-order valence-electron chi connectivity index (χ0n) is 9.83. The Bertz CT molecular complexity index is 384. The summed E-state index contributed by atoms with van der Waals surface area (Å²) in [4.78, 5) is 0. The Hall–Kier alpha value is -1.02. The third-order valence-electron chi connectivity index (χ3n) is 4.02. The second kappa shape index (κ2) is 3.77. The predicted molar refractivity (Wildman–Crippen MR) is 64.8 cm³/mol. The Labute approximate surface area is 97.0 Å². The van der Waals surface area contributed by atoms with Crippen LogP contribution in [0.2, 0.25) is 0 Å². The minimum atomic E-state index is 0.445. The van der Waals surface area contributed by atoms with Gasteiger partial charge in [0.15, 0.2) is 0 Å².